The zero-order valence-corrected chi connectivity index (χ0v) is 8.40. The van der Waals surface area contributed by atoms with Crippen LogP contribution in [0.4, 0.5) is 0 Å². The van der Waals surface area contributed by atoms with Gasteiger partial charge in [0.15, 0.2) is 9.84 Å². The van der Waals surface area contributed by atoms with E-state index in [9.17, 15) is 8.42 Å². The minimum Gasteiger partial charge on any atom is -0.328 e. The summed E-state index contributed by atoms with van der Waals surface area (Å²) in [4.78, 5) is 0. The second kappa shape index (κ2) is 3.16. The van der Waals surface area contributed by atoms with E-state index >= 15 is 0 Å². The molecule has 2 rings (SSSR count). The first-order valence-corrected chi connectivity index (χ1v) is 5.85. The van der Waals surface area contributed by atoms with Crippen LogP contribution < -0.4 is 5.73 Å². The van der Waals surface area contributed by atoms with Crippen LogP contribution in [0.3, 0.4) is 0 Å². The monoisotopic (exact) mass is 211 g/mol. The van der Waals surface area contributed by atoms with Crippen molar-refractivity contribution in [3.63, 3.8) is 0 Å². The molecule has 12 heavy (non-hydrogen) atoms. The Morgan fingerprint density at radius 3 is 1.92 bits per heavy atom. The zero-order chi connectivity index (χ0) is 8.06. The minimum absolute atomic E-state index is 0. The highest BCUT2D eigenvalue weighted by Crippen LogP contribution is 2.38. The fourth-order valence-corrected chi connectivity index (χ4v) is 4.64. The van der Waals surface area contributed by atoms with Gasteiger partial charge in [0.1, 0.15) is 0 Å². The van der Waals surface area contributed by atoms with Crippen LogP contribution in [-0.4, -0.2) is 26.0 Å². The van der Waals surface area contributed by atoms with E-state index < -0.39 is 9.84 Å². The third kappa shape index (κ3) is 1.75. The molecule has 1 heterocycles. The van der Waals surface area contributed by atoms with E-state index in [-0.39, 0.29) is 18.4 Å². The summed E-state index contributed by atoms with van der Waals surface area (Å²) in [7, 11) is -2.68. The van der Waals surface area contributed by atoms with E-state index in [0.717, 1.165) is 12.8 Å². The van der Waals surface area contributed by atoms with Crippen molar-refractivity contribution in [1.82, 2.24) is 0 Å². The first-order valence-electron chi connectivity index (χ1n) is 4.03. The Morgan fingerprint density at radius 1 is 1.08 bits per heavy atom. The predicted molar refractivity (Wildman–Crippen MR) is 50.1 cm³/mol. The highest BCUT2D eigenvalue weighted by Gasteiger charge is 2.42. The Kier molecular flexibility index (Phi) is 2.71. The van der Waals surface area contributed by atoms with Crippen LogP contribution in [0.1, 0.15) is 12.8 Å². The molecule has 72 valence electrons. The van der Waals surface area contributed by atoms with Crippen LogP contribution in [0.2, 0.25) is 0 Å². The third-order valence-corrected chi connectivity index (χ3v) is 4.69. The molecule has 3 nitrogen and oxygen atoms in total. The molecule has 2 aliphatic rings. The number of halogens is 1. The van der Waals surface area contributed by atoms with Gasteiger partial charge in [-0.1, -0.05) is 0 Å². The molecule has 1 aliphatic heterocycles. The average molecular weight is 212 g/mol. The van der Waals surface area contributed by atoms with E-state index in [1.54, 1.807) is 0 Å². The van der Waals surface area contributed by atoms with E-state index in [2.05, 4.69) is 0 Å². The minimum atomic E-state index is -2.68. The molecule has 1 saturated heterocycles. The van der Waals surface area contributed by atoms with Gasteiger partial charge < -0.3 is 5.73 Å². The van der Waals surface area contributed by atoms with Gasteiger partial charge in [-0.05, 0) is 24.7 Å². The SMILES string of the molecule is Cl.NC1C[C@@H]2CS(=O)(=O)C[C@@H]2C1. The van der Waals surface area contributed by atoms with Crippen molar-refractivity contribution in [1.29, 1.82) is 0 Å². The van der Waals surface area contributed by atoms with Gasteiger partial charge >= 0.3 is 0 Å². The second-order valence-electron chi connectivity index (χ2n) is 3.83. The normalized spacial score (nSPS) is 43.6. The molecule has 0 amide bonds. The maximum Gasteiger partial charge on any atom is 0.150 e. The lowest BCUT2D eigenvalue weighted by Crippen LogP contribution is -2.18. The molecule has 0 radical (unpaired) electrons. The molecule has 3 atom stereocenters. The zero-order valence-electron chi connectivity index (χ0n) is 6.77. The molecular weight excluding hydrogens is 198 g/mol. The first-order chi connectivity index (χ1) is 5.07. The summed E-state index contributed by atoms with van der Waals surface area (Å²) in [6.07, 6.45) is 1.84. The molecule has 0 bridgehead atoms. The van der Waals surface area contributed by atoms with Crippen molar-refractivity contribution < 1.29 is 8.42 Å². The maximum atomic E-state index is 11.1. The van der Waals surface area contributed by atoms with Crippen molar-refractivity contribution in [2.24, 2.45) is 17.6 Å². The summed E-state index contributed by atoms with van der Waals surface area (Å²) < 4.78 is 22.2. The number of sulfone groups is 1. The van der Waals surface area contributed by atoms with E-state index in [0.29, 0.717) is 23.3 Å². The summed E-state index contributed by atoms with van der Waals surface area (Å²) in [6, 6.07) is 0.264. The number of hydrogen-bond acceptors (Lipinski definition) is 3. The number of hydrogen-bond donors (Lipinski definition) is 1. The second-order valence-corrected chi connectivity index (χ2v) is 5.98. The van der Waals surface area contributed by atoms with Gasteiger partial charge in [0.25, 0.3) is 0 Å². The molecular formula is C7H14ClNO2S. The van der Waals surface area contributed by atoms with Crippen molar-refractivity contribution in [2.75, 3.05) is 11.5 Å². The molecule has 5 heteroatoms. The van der Waals surface area contributed by atoms with Gasteiger partial charge in [-0.15, -0.1) is 12.4 Å². The molecule has 1 aliphatic carbocycles. The molecule has 1 saturated carbocycles. The molecule has 0 spiro atoms. The van der Waals surface area contributed by atoms with Crippen molar-refractivity contribution in [3.8, 4) is 0 Å². The summed E-state index contributed by atoms with van der Waals surface area (Å²) in [5.74, 6) is 1.56. The third-order valence-electron chi connectivity index (χ3n) is 2.81. The largest absolute Gasteiger partial charge is 0.328 e. The van der Waals surface area contributed by atoms with Crippen LogP contribution >= 0.6 is 12.4 Å². The Bertz CT molecular complexity index is 245. The lowest BCUT2D eigenvalue weighted by molar-refractivity contribution is 0.494. The topological polar surface area (TPSA) is 60.2 Å². The number of nitrogens with two attached hydrogens (primary N) is 1. The first kappa shape index (κ1) is 10.3. The molecule has 0 aromatic heterocycles. The van der Waals surface area contributed by atoms with E-state index in [4.69, 9.17) is 5.73 Å². The Balaban J connectivity index is 0.000000720. The Labute approximate surface area is 79.0 Å². The highest BCUT2D eigenvalue weighted by molar-refractivity contribution is 7.91. The molecule has 0 aromatic rings. The van der Waals surface area contributed by atoms with Gasteiger partial charge in [-0.25, -0.2) is 8.42 Å². The molecule has 1 unspecified atom stereocenters. The predicted octanol–water partition coefficient (Wildman–Crippen LogP) is 0.190. The fourth-order valence-electron chi connectivity index (χ4n) is 2.39. The van der Waals surface area contributed by atoms with Crippen LogP contribution in [0.25, 0.3) is 0 Å². The standard InChI is InChI=1S/C7H13NO2S.ClH/c8-7-1-5-3-11(9,10)4-6(5)2-7;/h5-7H,1-4,8H2;1H/t5-,6+,7?;. The quantitative estimate of drug-likeness (QED) is 0.623. The van der Waals surface area contributed by atoms with Crippen molar-refractivity contribution in [2.45, 2.75) is 18.9 Å². The molecule has 0 aromatic carbocycles. The van der Waals surface area contributed by atoms with Gasteiger partial charge in [0.2, 0.25) is 0 Å². The highest BCUT2D eigenvalue weighted by atomic mass is 35.5. The molecule has 2 N–H and O–H groups in total. The van der Waals surface area contributed by atoms with Crippen LogP contribution in [-0.2, 0) is 9.84 Å². The van der Waals surface area contributed by atoms with Crippen molar-refractivity contribution in [3.05, 3.63) is 0 Å². The Hall–Kier alpha value is 0.200. The van der Waals surface area contributed by atoms with Crippen molar-refractivity contribution >= 4 is 22.2 Å². The lowest BCUT2D eigenvalue weighted by Gasteiger charge is -2.01. The number of rotatable bonds is 0. The van der Waals surface area contributed by atoms with Gasteiger partial charge in [-0.2, -0.15) is 0 Å². The molecule has 2 fully saturated rings. The lowest BCUT2D eigenvalue weighted by atomic mass is 10.0. The summed E-state index contributed by atoms with van der Waals surface area (Å²) >= 11 is 0. The fraction of sp³-hybridized carbons (Fsp3) is 1.00. The maximum absolute atomic E-state index is 11.1. The van der Waals surface area contributed by atoms with E-state index in [1.807, 2.05) is 0 Å². The van der Waals surface area contributed by atoms with Crippen LogP contribution in [0.15, 0.2) is 0 Å². The Morgan fingerprint density at radius 2 is 1.50 bits per heavy atom. The summed E-state index contributed by atoms with van der Waals surface area (Å²) in [5.41, 5.74) is 5.72. The van der Waals surface area contributed by atoms with Crippen LogP contribution in [0, 0.1) is 11.8 Å². The summed E-state index contributed by atoms with van der Waals surface area (Å²) in [5, 5.41) is 0. The van der Waals surface area contributed by atoms with E-state index in [1.165, 1.54) is 0 Å². The van der Waals surface area contributed by atoms with Gasteiger partial charge in [0, 0.05) is 6.04 Å². The summed E-state index contributed by atoms with van der Waals surface area (Å²) in [6.45, 7) is 0. The van der Waals surface area contributed by atoms with Crippen LogP contribution in [0.5, 0.6) is 0 Å². The van der Waals surface area contributed by atoms with Gasteiger partial charge in [0.05, 0.1) is 11.5 Å². The average Bonchev–Trinajstić information content (AvgIpc) is 2.17. The smallest absolute Gasteiger partial charge is 0.150 e. The number of fused-ring (bicyclic) bond motifs is 1. The van der Waals surface area contributed by atoms with Gasteiger partial charge in [-0.3, -0.25) is 0 Å².